The maximum atomic E-state index is 12.1. The molecule has 2 rings (SSSR count). The van der Waals surface area contributed by atoms with Crippen molar-refractivity contribution < 1.29 is 9.53 Å². The van der Waals surface area contributed by atoms with E-state index in [0.29, 0.717) is 0 Å². The number of carbonyl (C=O) groups excluding carboxylic acids is 1. The molecule has 1 unspecified atom stereocenters. The van der Waals surface area contributed by atoms with Gasteiger partial charge in [-0.05, 0) is 55.4 Å². The zero-order chi connectivity index (χ0) is 15.0. The predicted octanol–water partition coefficient (Wildman–Crippen LogP) is 4.38. The van der Waals surface area contributed by atoms with Crippen molar-refractivity contribution in [2.45, 2.75) is 51.6 Å². The molecule has 0 radical (unpaired) electrons. The van der Waals surface area contributed by atoms with Gasteiger partial charge in [0.25, 0.3) is 0 Å². The van der Waals surface area contributed by atoms with Gasteiger partial charge in [0.05, 0.1) is 5.60 Å². The van der Waals surface area contributed by atoms with Crippen LogP contribution in [0.5, 0.6) is 0 Å². The average Bonchev–Trinajstić information content (AvgIpc) is 2.43. The predicted molar refractivity (Wildman–Crippen MR) is 82.2 cm³/mol. The largest absolute Gasteiger partial charge is 0.374 e. The first kappa shape index (κ1) is 15.0. The van der Waals surface area contributed by atoms with Gasteiger partial charge in [0.15, 0.2) is 5.78 Å². The van der Waals surface area contributed by atoms with Crippen molar-refractivity contribution in [3.63, 3.8) is 0 Å². The van der Waals surface area contributed by atoms with Gasteiger partial charge in [-0.3, -0.25) is 4.79 Å². The van der Waals surface area contributed by atoms with Crippen LogP contribution < -0.4 is 0 Å². The molecule has 0 aliphatic heterocycles. The van der Waals surface area contributed by atoms with Crippen LogP contribution in [0.4, 0.5) is 0 Å². The van der Waals surface area contributed by atoms with Crippen LogP contribution in [0.3, 0.4) is 0 Å². The number of hydrogen-bond acceptors (Lipinski definition) is 2. The Labute approximate surface area is 121 Å². The highest BCUT2D eigenvalue weighted by Gasteiger charge is 2.40. The Bertz CT molecular complexity index is 555. The van der Waals surface area contributed by atoms with Crippen molar-refractivity contribution >= 4 is 5.78 Å². The van der Waals surface area contributed by atoms with E-state index in [1.807, 2.05) is 19.1 Å². The molecule has 20 heavy (non-hydrogen) atoms. The molecule has 2 heteroatoms. The summed E-state index contributed by atoms with van der Waals surface area (Å²) in [5, 5.41) is 0. The topological polar surface area (TPSA) is 26.3 Å². The van der Waals surface area contributed by atoms with Crippen molar-refractivity contribution in [3.05, 3.63) is 47.0 Å². The van der Waals surface area contributed by atoms with Gasteiger partial charge in [-0.1, -0.05) is 32.1 Å². The van der Waals surface area contributed by atoms with Gasteiger partial charge < -0.3 is 4.74 Å². The Morgan fingerprint density at radius 1 is 1.20 bits per heavy atom. The number of rotatable bonds is 3. The van der Waals surface area contributed by atoms with Gasteiger partial charge in [0, 0.05) is 12.7 Å². The molecule has 108 valence electrons. The summed E-state index contributed by atoms with van der Waals surface area (Å²) in [5.74, 6) is 0.0655. The van der Waals surface area contributed by atoms with Gasteiger partial charge in [0.1, 0.15) is 0 Å². The van der Waals surface area contributed by atoms with Crippen LogP contribution in [-0.4, -0.2) is 12.9 Å². The Morgan fingerprint density at radius 2 is 1.90 bits per heavy atom. The lowest BCUT2D eigenvalue weighted by Crippen LogP contribution is -2.37. The fraction of sp³-hybridized carbons (Fsp3) is 0.500. The summed E-state index contributed by atoms with van der Waals surface area (Å²) in [6, 6.07) is 6.03. The van der Waals surface area contributed by atoms with Gasteiger partial charge in [0.2, 0.25) is 0 Å². The number of fused-ring (bicyclic) bond motifs is 1. The summed E-state index contributed by atoms with van der Waals surface area (Å²) in [7, 11) is 1.76. The highest BCUT2D eigenvalue weighted by molar-refractivity contribution is 6.04. The van der Waals surface area contributed by atoms with E-state index in [1.54, 1.807) is 19.3 Å². The van der Waals surface area contributed by atoms with Crippen molar-refractivity contribution in [2.24, 2.45) is 0 Å². The van der Waals surface area contributed by atoms with Gasteiger partial charge >= 0.3 is 0 Å². The van der Waals surface area contributed by atoms with Crippen LogP contribution in [0, 0.1) is 0 Å². The molecule has 0 saturated carbocycles. The molecule has 0 heterocycles. The minimum absolute atomic E-state index is 0.0655. The molecule has 0 fully saturated rings. The molecule has 1 aliphatic rings. The third-order valence-electron chi connectivity index (χ3n) is 4.60. The van der Waals surface area contributed by atoms with E-state index in [1.165, 1.54) is 11.1 Å². The monoisotopic (exact) mass is 272 g/mol. The van der Waals surface area contributed by atoms with Crippen LogP contribution in [0.15, 0.2) is 30.4 Å². The highest BCUT2D eigenvalue weighted by atomic mass is 16.5. The maximum absolute atomic E-state index is 12.1. The first-order chi connectivity index (χ1) is 9.34. The van der Waals surface area contributed by atoms with Crippen LogP contribution in [-0.2, 0) is 15.8 Å². The number of ether oxygens (including phenoxy) is 1. The summed E-state index contributed by atoms with van der Waals surface area (Å²) >= 11 is 0. The van der Waals surface area contributed by atoms with Gasteiger partial charge in [-0.2, -0.15) is 0 Å². The zero-order valence-electron chi connectivity index (χ0n) is 13.1. The van der Waals surface area contributed by atoms with E-state index in [4.69, 9.17) is 4.74 Å². The Hall–Kier alpha value is -1.41. The molecular formula is C18H24O2. The van der Waals surface area contributed by atoms with Crippen molar-refractivity contribution in [1.82, 2.24) is 0 Å². The van der Waals surface area contributed by atoms with E-state index in [-0.39, 0.29) is 16.8 Å². The fourth-order valence-corrected chi connectivity index (χ4v) is 3.00. The molecule has 2 nitrogen and oxygen atoms in total. The van der Waals surface area contributed by atoms with E-state index in [2.05, 4.69) is 26.8 Å². The molecule has 1 aromatic carbocycles. The molecule has 0 saturated heterocycles. The molecule has 0 amide bonds. The first-order valence-electron chi connectivity index (χ1n) is 7.21. The Kier molecular flexibility index (Phi) is 3.88. The second kappa shape index (κ2) is 5.17. The smallest absolute Gasteiger partial charge is 0.185 e. The first-order valence-corrected chi connectivity index (χ1v) is 7.21. The second-order valence-electron chi connectivity index (χ2n) is 6.44. The lowest BCUT2D eigenvalue weighted by molar-refractivity contribution is -0.0202. The van der Waals surface area contributed by atoms with E-state index >= 15 is 0 Å². The van der Waals surface area contributed by atoms with Crippen LogP contribution >= 0.6 is 0 Å². The maximum Gasteiger partial charge on any atom is 0.185 e. The molecule has 1 aliphatic carbocycles. The lowest BCUT2D eigenvalue weighted by Gasteiger charge is -2.42. The van der Waals surface area contributed by atoms with Crippen LogP contribution in [0.2, 0.25) is 0 Å². The average molecular weight is 272 g/mol. The summed E-state index contributed by atoms with van der Waals surface area (Å²) in [5.41, 5.74) is 3.05. The van der Waals surface area contributed by atoms with Gasteiger partial charge in [-0.25, -0.2) is 0 Å². The molecular weight excluding hydrogens is 248 g/mol. The fourth-order valence-electron chi connectivity index (χ4n) is 3.00. The Balaban J connectivity index is 2.57. The number of ketones is 1. The van der Waals surface area contributed by atoms with Gasteiger partial charge in [-0.15, -0.1) is 0 Å². The number of hydrogen-bond donors (Lipinski definition) is 0. The second-order valence-corrected chi connectivity index (χ2v) is 6.44. The third-order valence-corrected chi connectivity index (χ3v) is 4.60. The van der Waals surface area contributed by atoms with E-state index in [0.717, 1.165) is 18.4 Å². The third kappa shape index (κ3) is 2.45. The van der Waals surface area contributed by atoms with Crippen LogP contribution in [0.25, 0.3) is 0 Å². The molecule has 0 spiro atoms. The number of methoxy groups -OCH3 is 1. The summed E-state index contributed by atoms with van der Waals surface area (Å²) in [6.45, 7) is 8.48. The Morgan fingerprint density at radius 3 is 2.50 bits per heavy atom. The van der Waals surface area contributed by atoms with Crippen LogP contribution in [0.1, 0.15) is 62.0 Å². The molecule has 0 bridgehead atoms. The van der Waals surface area contributed by atoms with Crippen molar-refractivity contribution in [2.75, 3.05) is 7.11 Å². The van der Waals surface area contributed by atoms with Crippen molar-refractivity contribution in [1.29, 1.82) is 0 Å². The minimum Gasteiger partial charge on any atom is -0.374 e. The molecule has 1 aromatic rings. The van der Waals surface area contributed by atoms with Crippen molar-refractivity contribution in [3.8, 4) is 0 Å². The standard InChI is InChI=1S/C18H24O2/c1-6-7-16(19)13-8-9-14-15(12-13)17(2,3)10-11-18(14,4)20-5/h6-9,12H,10-11H2,1-5H3. The summed E-state index contributed by atoms with van der Waals surface area (Å²) in [6.07, 6.45) is 5.47. The quantitative estimate of drug-likeness (QED) is 0.603. The molecule has 1 atom stereocenters. The highest BCUT2D eigenvalue weighted by Crippen LogP contribution is 2.46. The zero-order valence-corrected chi connectivity index (χ0v) is 13.1. The molecule has 0 aromatic heterocycles. The number of carbonyl (C=O) groups is 1. The SMILES string of the molecule is CC=CC(=O)c1ccc2c(c1)C(C)(C)CCC2(C)OC. The molecule has 0 N–H and O–H groups in total. The minimum atomic E-state index is -0.243. The number of benzene rings is 1. The summed E-state index contributed by atoms with van der Waals surface area (Å²) in [4.78, 5) is 12.1. The summed E-state index contributed by atoms with van der Waals surface area (Å²) < 4.78 is 5.75. The van der Waals surface area contributed by atoms with E-state index < -0.39 is 0 Å². The normalized spacial score (nSPS) is 24.6. The number of allylic oxidation sites excluding steroid dienone is 2. The van der Waals surface area contributed by atoms with E-state index in [9.17, 15) is 4.79 Å². The lowest BCUT2D eigenvalue weighted by atomic mass is 9.67.